The first-order valence-corrected chi connectivity index (χ1v) is 12.5. The number of amides is 1. The molecule has 13 heteroatoms. The van der Waals surface area contributed by atoms with Gasteiger partial charge in [-0.25, -0.2) is 9.78 Å². The highest BCUT2D eigenvalue weighted by Crippen LogP contribution is 2.23. The lowest BCUT2D eigenvalue weighted by Crippen LogP contribution is -2.35. The Balaban J connectivity index is 1.85. The van der Waals surface area contributed by atoms with E-state index in [0.717, 1.165) is 12.5 Å². The highest BCUT2D eigenvalue weighted by atomic mass is 35.5. The number of pyridine rings is 2. The van der Waals surface area contributed by atoms with E-state index < -0.39 is 22.4 Å². The summed E-state index contributed by atoms with van der Waals surface area (Å²) in [5, 5.41) is 11.4. The number of rotatable bonds is 6. The largest absolute Gasteiger partial charge is 0.462 e. The molecular formula is C26H22ClN5O7. The first-order valence-electron chi connectivity index (χ1n) is 12.1. The molecule has 0 N–H and O–H groups in total. The van der Waals surface area contributed by atoms with Crippen molar-refractivity contribution < 1.29 is 24.0 Å². The maximum Gasteiger partial charge on any atom is 0.341 e. The number of aromatic nitrogens is 3. The maximum absolute atomic E-state index is 13.5. The third-order valence-electron chi connectivity index (χ3n) is 6.29. The Bertz CT molecular complexity index is 1770. The van der Waals surface area contributed by atoms with Crippen molar-refractivity contribution in [1.82, 2.24) is 14.0 Å². The normalized spacial score (nSPS) is 15.6. The van der Waals surface area contributed by atoms with Crippen LogP contribution in [0, 0.1) is 10.1 Å². The Morgan fingerprint density at radius 2 is 2.08 bits per heavy atom. The molecule has 200 valence electrons. The molecule has 4 aromatic rings. The predicted molar refractivity (Wildman–Crippen MR) is 140 cm³/mol. The van der Waals surface area contributed by atoms with Gasteiger partial charge in [-0.1, -0.05) is 17.7 Å². The van der Waals surface area contributed by atoms with Gasteiger partial charge in [0, 0.05) is 24.9 Å². The van der Waals surface area contributed by atoms with E-state index in [0.29, 0.717) is 18.7 Å². The van der Waals surface area contributed by atoms with E-state index in [1.165, 1.54) is 27.2 Å². The molecule has 0 aliphatic carbocycles. The predicted octanol–water partition coefficient (Wildman–Crippen LogP) is 3.31. The molecule has 0 bridgehead atoms. The molecule has 0 saturated carbocycles. The number of non-ortho nitro benzene ring substituents is 1. The monoisotopic (exact) mass is 551 g/mol. The van der Waals surface area contributed by atoms with Crippen LogP contribution in [0.4, 0.5) is 5.69 Å². The molecule has 1 aliphatic rings. The van der Waals surface area contributed by atoms with Crippen LogP contribution in [0.25, 0.3) is 16.7 Å². The smallest absolute Gasteiger partial charge is 0.341 e. The fraction of sp³-hybridized carbons (Fsp3) is 0.269. The number of benzene rings is 1. The summed E-state index contributed by atoms with van der Waals surface area (Å²) in [7, 11) is 0. The van der Waals surface area contributed by atoms with Crippen molar-refractivity contribution in [2.45, 2.75) is 32.4 Å². The Morgan fingerprint density at radius 1 is 1.26 bits per heavy atom. The van der Waals surface area contributed by atoms with Crippen LogP contribution in [-0.2, 0) is 16.0 Å². The molecule has 0 spiro atoms. The van der Waals surface area contributed by atoms with Gasteiger partial charge < -0.3 is 14.0 Å². The number of ether oxygens (including phenoxy) is 2. The van der Waals surface area contributed by atoms with Gasteiger partial charge in [0.05, 0.1) is 40.2 Å². The lowest BCUT2D eigenvalue weighted by atomic mass is 10.1. The number of halogens is 1. The molecule has 1 amide bonds. The SMILES string of the molecule is CCOC(=O)c1cc2c(=O)n3ccccc3nc2n(C[C@@H]2CCCO2)c1=NC(=O)c1cc([N+](=O)[O-])ccc1Cl. The molecule has 1 aromatic carbocycles. The summed E-state index contributed by atoms with van der Waals surface area (Å²) in [6, 6.07) is 9.77. The lowest BCUT2D eigenvalue weighted by Gasteiger charge is -2.18. The van der Waals surface area contributed by atoms with Crippen molar-refractivity contribution in [2.75, 3.05) is 13.2 Å². The summed E-state index contributed by atoms with van der Waals surface area (Å²) in [5.74, 6) is -1.73. The van der Waals surface area contributed by atoms with Crippen molar-refractivity contribution in [1.29, 1.82) is 0 Å². The zero-order valence-corrected chi connectivity index (χ0v) is 21.5. The minimum Gasteiger partial charge on any atom is -0.462 e. The summed E-state index contributed by atoms with van der Waals surface area (Å²) >= 11 is 6.19. The fourth-order valence-electron chi connectivity index (χ4n) is 4.47. The molecule has 1 fully saturated rings. The minimum atomic E-state index is -0.924. The summed E-state index contributed by atoms with van der Waals surface area (Å²) < 4.78 is 13.9. The number of carbonyl (C=O) groups excluding carboxylic acids is 2. The Kier molecular flexibility index (Phi) is 7.22. The summed E-state index contributed by atoms with van der Waals surface area (Å²) in [5.41, 5.74) is -0.748. The first-order chi connectivity index (χ1) is 18.8. The van der Waals surface area contributed by atoms with Gasteiger partial charge in [-0.15, -0.1) is 0 Å². The van der Waals surface area contributed by atoms with Crippen LogP contribution in [0.3, 0.4) is 0 Å². The molecule has 1 atom stereocenters. The number of esters is 1. The number of hydrogen-bond acceptors (Lipinski definition) is 8. The second kappa shape index (κ2) is 10.8. The third kappa shape index (κ3) is 5.03. The average Bonchev–Trinajstić information content (AvgIpc) is 3.43. The van der Waals surface area contributed by atoms with Gasteiger partial charge in [0.2, 0.25) is 0 Å². The van der Waals surface area contributed by atoms with Crippen molar-refractivity contribution in [3.8, 4) is 0 Å². The molecule has 0 radical (unpaired) electrons. The van der Waals surface area contributed by atoms with Crippen LogP contribution in [-0.4, -0.2) is 50.1 Å². The van der Waals surface area contributed by atoms with Gasteiger partial charge in [-0.05, 0) is 44.0 Å². The molecule has 0 unspecified atom stereocenters. The zero-order chi connectivity index (χ0) is 27.7. The summed E-state index contributed by atoms with van der Waals surface area (Å²) in [6.07, 6.45) is 2.78. The molecule has 1 aliphatic heterocycles. The molecule has 1 saturated heterocycles. The van der Waals surface area contributed by atoms with E-state index in [2.05, 4.69) is 9.98 Å². The first kappa shape index (κ1) is 26.2. The quantitative estimate of drug-likeness (QED) is 0.153. The molecule has 4 heterocycles. The van der Waals surface area contributed by atoms with Crippen LogP contribution < -0.4 is 11.0 Å². The topological polar surface area (TPSA) is 147 Å². The van der Waals surface area contributed by atoms with Gasteiger partial charge in [0.1, 0.15) is 16.9 Å². The van der Waals surface area contributed by atoms with Gasteiger partial charge >= 0.3 is 5.97 Å². The van der Waals surface area contributed by atoms with Crippen LogP contribution in [0.5, 0.6) is 0 Å². The highest BCUT2D eigenvalue weighted by molar-refractivity contribution is 6.34. The zero-order valence-electron chi connectivity index (χ0n) is 20.7. The van der Waals surface area contributed by atoms with Crippen molar-refractivity contribution >= 4 is 45.8 Å². The number of hydrogen-bond donors (Lipinski definition) is 0. The Hall–Kier alpha value is -4.42. The Morgan fingerprint density at radius 3 is 2.79 bits per heavy atom. The van der Waals surface area contributed by atoms with Gasteiger partial charge in [0.15, 0.2) is 5.49 Å². The van der Waals surface area contributed by atoms with Crippen LogP contribution >= 0.6 is 11.6 Å². The van der Waals surface area contributed by atoms with Crippen molar-refractivity contribution in [3.63, 3.8) is 0 Å². The number of carbonyl (C=O) groups is 2. The third-order valence-corrected chi connectivity index (χ3v) is 6.62. The standard InChI is InChI=1S/C26H22ClN5O7/c1-2-38-26(35)19-13-18-22(28-21-7-3-4-10-30(21)25(18)34)31(14-16-6-5-11-39-16)23(19)29-24(33)17-12-15(32(36)37)8-9-20(17)27/h3-4,7-10,12-13,16H,2,5-6,11,14H2,1H3/t16-/m0/s1. The Labute approximate surface area is 225 Å². The van der Waals surface area contributed by atoms with E-state index >= 15 is 0 Å². The maximum atomic E-state index is 13.5. The highest BCUT2D eigenvalue weighted by Gasteiger charge is 2.24. The van der Waals surface area contributed by atoms with E-state index in [9.17, 15) is 24.5 Å². The molecule has 12 nitrogen and oxygen atoms in total. The second-order valence-corrected chi connectivity index (χ2v) is 9.18. The van der Waals surface area contributed by atoms with E-state index in [4.69, 9.17) is 21.1 Å². The second-order valence-electron chi connectivity index (χ2n) is 8.77. The number of nitro benzene ring substituents is 1. The van der Waals surface area contributed by atoms with E-state index in [1.54, 1.807) is 31.3 Å². The van der Waals surface area contributed by atoms with Crippen LogP contribution in [0.2, 0.25) is 5.02 Å². The fourth-order valence-corrected chi connectivity index (χ4v) is 4.67. The molecule has 39 heavy (non-hydrogen) atoms. The molecule has 5 rings (SSSR count). The summed E-state index contributed by atoms with van der Waals surface area (Å²) in [4.78, 5) is 59.5. The van der Waals surface area contributed by atoms with Gasteiger partial charge in [0.25, 0.3) is 17.2 Å². The number of nitrogens with zero attached hydrogens (tertiary/aromatic N) is 5. The number of fused-ring (bicyclic) bond motifs is 2. The van der Waals surface area contributed by atoms with Crippen molar-refractivity contribution in [3.05, 3.63) is 90.8 Å². The van der Waals surface area contributed by atoms with Gasteiger partial charge in [-0.2, -0.15) is 4.99 Å². The van der Waals surface area contributed by atoms with Crippen LogP contribution in [0.15, 0.2) is 58.4 Å². The molecular weight excluding hydrogens is 530 g/mol. The van der Waals surface area contributed by atoms with E-state index in [1.807, 2.05) is 0 Å². The molecule has 3 aromatic heterocycles. The average molecular weight is 552 g/mol. The minimum absolute atomic E-state index is 0.0294. The van der Waals surface area contributed by atoms with E-state index in [-0.39, 0.29) is 57.6 Å². The van der Waals surface area contributed by atoms with Crippen molar-refractivity contribution in [2.24, 2.45) is 4.99 Å². The van der Waals surface area contributed by atoms with Gasteiger partial charge in [-0.3, -0.25) is 24.1 Å². The number of nitro groups is 1. The lowest BCUT2D eigenvalue weighted by molar-refractivity contribution is -0.384. The van der Waals surface area contributed by atoms with Crippen LogP contribution in [0.1, 0.15) is 40.5 Å². The summed E-state index contributed by atoms with van der Waals surface area (Å²) in [6.45, 7) is 2.32.